The van der Waals surface area contributed by atoms with Crippen LogP contribution in [-0.4, -0.2) is 25.4 Å². The van der Waals surface area contributed by atoms with Gasteiger partial charge in [-0.15, -0.1) is 0 Å². The van der Waals surface area contributed by atoms with Crippen LogP contribution < -0.4 is 5.46 Å². The molecule has 1 aromatic carbocycles. The standard InChI is InChI=1S/C14H20BClO3/c1-13(2)14(3,4)19-15(18-13)11-6-10(9-17-5)7-12(16)8-11/h6-8H,9H2,1-5H3. The van der Waals surface area contributed by atoms with E-state index < -0.39 is 0 Å². The van der Waals surface area contributed by atoms with Crippen molar-refractivity contribution in [3.05, 3.63) is 28.8 Å². The van der Waals surface area contributed by atoms with Crippen molar-refractivity contribution < 1.29 is 14.0 Å². The van der Waals surface area contributed by atoms with E-state index in [2.05, 4.69) is 0 Å². The first-order chi connectivity index (χ1) is 8.75. The molecule has 0 aliphatic carbocycles. The summed E-state index contributed by atoms with van der Waals surface area (Å²) in [5.41, 5.74) is 1.25. The summed E-state index contributed by atoms with van der Waals surface area (Å²) in [7, 11) is 1.27. The fourth-order valence-electron chi connectivity index (χ4n) is 2.04. The number of ether oxygens (including phenoxy) is 1. The number of hydrogen-bond donors (Lipinski definition) is 0. The van der Waals surface area contributed by atoms with E-state index >= 15 is 0 Å². The molecule has 0 spiro atoms. The minimum Gasteiger partial charge on any atom is -0.399 e. The fraction of sp³-hybridized carbons (Fsp3) is 0.571. The lowest BCUT2D eigenvalue weighted by Crippen LogP contribution is -2.41. The van der Waals surface area contributed by atoms with Crippen molar-refractivity contribution >= 4 is 24.2 Å². The number of rotatable bonds is 3. The minimum absolute atomic E-state index is 0.346. The molecule has 1 aliphatic heterocycles. The molecule has 0 N–H and O–H groups in total. The van der Waals surface area contributed by atoms with Gasteiger partial charge in [0.25, 0.3) is 0 Å². The summed E-state index contributed by atoms with van der Waals surface area (Å²) in [6, 6.07) is 5.78. The molecule has 0 bridgehead atoms. The number of methoxy groups -OCH3 is 1. The molecule has 0 atom stereocenters. The van der Waals surface area contributed by atoms with Crippen LogP contribution in [-0.2, 0) is 20.7 Å². The SMILES string of the molecule is COCc1cc(Cl)cc(B2OC(C)(C)C(C)(C)O2)c1. The van der Waals surface area contributed by atoms with Gasteiger partial charge < -0.3 is 14.0 Å². The zero-order valence-electron chi connectivity index (χ0n) is 12.1. The van der Waals surface area contributed by atoms with Gasteiger partial charge in [-0.25, -0.2) is 0 Å². The highest BCUT2D eigenvalue weighted by Gasteiger charge is 2.51. The molecule has 2 rings (SSSR count). The molecule has 1 saturated heterocycles. The summed E-state index contributed by atoms with van der Waals surface area (Å²) in [4.78, 5) is 0. The predicted octanol–water partition coefficient (Wildman–Crippen LogP) is 2.79. The van der Waals surface area contributed by atoms with Crippen LogP contribution in [0.3, 0.4) is 0 Å². The van der Waals surface area contributed by atoms with Gasteiger partial charge in [0.05, 0.1) is 17.8 Å². The van der Waals surface area contributed by atoms with Crippen LogP contribution >= 0.6 is 11.6 Å². The fourth-order valence-corrected chi connectivity index (χ4v) is 2.31. The van der Waals surface area contributed by atoms with Crippen LogP contribution in [0.2, 0.25) is 5.02 Å². The Morgan fingerprint density at radius 2 is 1.68 bits per heavy atom. The summed E-state index contributed by atoms with van der Waals surface area (Å²) in [5.74, 6) is 0. The van der Waals surface area contributed by atoms with Crippen LogP contribution in [0.1, 0.15) is 33.3 Å². The maximum absolute atomic E-state index is 6.14. The largest absolute Gasteiger partial charge is 0.494 e. The van der Waals surface area contributed by atoms with Gasteiger partial charge in [-0.1, -0.05) is 17.7 Å². The molecule has 0 saturated carbocycles. The molecule has 19 heavy (non-hydrogen) atoms. The molecule has 1 fully saturated rings. The molecule has 0 amide bonds. The summed E-state index contributed by atoms with van der Waals surface area (Å²) >= 11 is 6.14. The van der Waals surface area contributed by atoms with E-state index in [1.165, 1.54) is 0 Å². The third kappa shape index (κ3) is 2.97. The smallest absolute Gasteiger partial charge is 0.399 e. The molecule has 3 nitrogen and oxygen atoms in total. The lowest BCUT2D eigenvalue weighted by Gasteiger charge is -2.32. The Hall–Kier alpha value is -0.545. The van der Waals surface area contributed by atoms with Crippen molar-refractivity contribution in [1.29, 1.82) is 0 Å². The van der Waals surface area contributed by atoms with Crippen LogP contribution in [0.5, 0.6) is 0 Å². The lowest BCUT2D eigenvalue weighted by molar-refractivity contribution is 0.00578. The Morgan fingerprint density at radius 3 is 2.21 bits per heavy atom. The van der Waals surface area contributed by atoms with Gasteiger partial charge in [0, 0.05) is 12.1 Å². The Morgan fingerprint density at radius 1 is 1.11 bits per heavy atom. The average Bonchev–Trinajstić information content (AvgIpc) is 2.48. The molecular formula is C14H20BClO3. The van der Waals surface area contributed by atoms with Crippen molar-refractivity contribution in [2.24, 2.45) is 0 Å². The highest BCUT2D eigenvalue weighted by molar-refractivity contribution is 6.62. The van der Waals surface area contributed by atoms with E-state index in [0.29, 0.717) is 11.6 Å². The lowest BCUT2D eigenvalue weighted by atomic mass is 9.78. The van der Waals surface area contributed by atoms with Gasteiger partial charge in [-0.3, -0.25) is 0 Å². The van der Waals surface area contributed by atoms with Crippen LogP contribution in [0.15, 0.2) is 18.2 Å². The highest BCUT2D eigenvalue weighted by atomic mass is 35.5. The third-order valence-electron chi connectivity index (χ3n) is 3.82. The van der Waals surface area contributed by atoms with E-state index in [0.717, 1.165) is 11.0 Å². The normalized spacial score (nSPS) is 20.8. The number of hydrogen-bond acceptors (Lipinski definition) is 3. The number of halogens is 1. The first-order valence-corrected chi connectivity index (χ1v) is 6.77. The first kappa shape index (κ1) is 14.9. The van der Waals surface area contributed by atoms with E-state index in [4.69, 9.17) is 25.6 Å². The zero-order valence-corrected chi connectivity index (χ0v) is 12.9. The van der Waals surface area contributed by atoms with Gasteiger partial charge in [-0.05, 0) is 50.9 Å². The van der Waals surface area contributed by atoms with Crippen LogP contribution in [0.4, 0.5) is 0 Å². The molecule has 0 radical (unpaired) electrons. The van der Waals surface area contributed by atoms with Crippen molar-refractivity contribution in [1.82, 2.24) is 0 Å². The molecule has 0 aromatic heterocycles. The maximum Gasteiger partial charge on any atom is 0.494 e. The second kappa shape index (κ2) is 5.10. The van der Waals surface area contributed by atoms with E-state index in [1.807, 2.05) is 45.9 Å². The molecule has 1 heterocycles. The first-order valence-electron chi connectivity index (χ1n) is 6.39. The molecule has 5 heteroatoms. The average molecular weight is 283 g/mol. The Labute approximate surface area is 120 Å². The quantitative estimate of drug-likeness (QED) is 0.798. The van der Waals surface area contributed by atoms with Gasteiger partial charge in [0.15, 0.2) is 0 Å². The topological polar surface area (TPSA) is 27.7 Å². The molecule has 104 valence electrons. The van der Waals surface area contributed by atoms with E-state index in [1.54, 1.807) is 7.11 Å². The monoisotopic (exact) mass is 282 g/mol. The second-order valence-electron chi connectivity index (χ2n) is 5.91. The van der Waals surface area contributed by atoms with E-state index in [9.17, 15) is 0 Å². The van der Waals surface area contributed by atoms with Gasteiger partial charge in [-0.2, -0.15) is 0 Å². The van der Waals surface area contributed by atoms with Crippen molar-refractivity contribution in [2.45, 2.75) is 45.5 Å². The summed E-state index contributed by atoms with van der Waals surface area (Å²) in [6.07, 6.45) is 0. The van der Waals surface area contributed by atoms with Crippen molar-refractivity contribution in [3.63, 3.8) is 0 Å². The molecule has 1 aromatic rings. The van der Waals surface area contributed by atoms with Gasteiger partial charge in [0.2, 0.25) is 0 Å². The van der Waals surface area contributed by atoms with Crippen LogP contribution in [0, 0.1) is 0 Å². The predicted molar refractivity (Wildman–Crippen MR) is 77.9 cm³/mol. The summed E-state index contributed by atoms with van der Waals surface area (Å²) in [5, 5.41) is 0.666. The highest BCUT2D eigenvalue weighted by Crippen LogP contribution is 2.36. The van der Waals surface area contributed by atoms with Gasteiger partial charge in [0.1, 0.15) is 0 Å². The van der Waals surface area contributed by atoms with Crippen molar-refractivity contribution in [3.8, 4) is 0 Å². The summed E-state index contributed by atoms with van der Waals surface area (Å²) in [6.45, 7) is 8.66. The van der Waals surface area contributed by atoms with Crippen LogP contribution in [0.25, 0.3) is 0 Å². The Kier molecular flexibility index (Phi) is 3.98. The van der Waals surface area contributed by atoms with Crippen molar-refractivity contribution in [2.75, 3.05) is 7.11 Å². The molecular weight excluding hydrogens is 262 g/mol. The Balaban J connectivity index is 2.29. The minimum atomic E-state index is -0.390. The third-order valence-corrected chi connectivity index (χ3v) is 4.03. The summed E-state index contributed by atoms with van der Waals surface area (Å²) < 4.78 is 17.2. The van der Waals surface area contributed by atoms with Gasteiger partial charge >= 0.3 is 7.12 Å². The zero-order chi connectivity index (χ0) is 14.3. The second-order valence-corrected chi connectivity index (χ2v) is 6.35. The molecule has 0 unspecified atom stereocenters. The Bertz CT molecular complexity index is 458. The maximum atomic E-state index is 6.14. The van der Waals surface area contributed by atoms with E-state index in [-0.39, 0.29) is 18.3 Å². The molecule has 1 aliphatic rings. The number of benzene rings is 1.